The minimum Gasteiger partial charge on any atom is -0.239 e. The van der Waals surface area contributed by atoms with Crippen molar-refractivity contribution in [2.24, 2.45) is 0 Å². The molecule has 1 rings (SSSR count). The first-order chi connectivity index (χ1) is 6.22. The van der Waals surface area contributed by atoms with Crippen LogP contribution < -0.4 is 0 Å². The highest BCUT2D eigenvalue weighted by Crippen LogP contribution is 2.17. The maximum Gasteiger partial charge on any atom is 0.147 e. The molecule has 0 saturated heterocycles. The Hall–Kier alpha value is -1.07. The molecule has 0 fully saturated rings. The summed E-state index contributed by atoms with van der Waals surface area (Å²) in [7, 11) is 0. The van der Waals surface area contributed by atoms with Gasteiger partial charge in [0.15, 0.2) is 0 Å². The summed E-state index contributed by atoms with van der Waals surface area (Å²) in [5.74, 6) is 0. The highest BCUT2D eigenvalue weighted by Gasteiger charge is 2.06. The number of rotatable bonds is 2. The van der Waals surface area contributed by atoms with Crippen molar-refractivity contribution in [1.29, 1.82) is 5.26 Å². The van der Waals surface area contributed by atoms with E-state index in [-0.39, 0.29) is 0 Å². The van der Waals surface area contributed by atoms with E-state index < -0.39 is 0 Å². The van der Waals surface area contributed by atoms with Gasteiger partial charge in [-0.25, -0.2) is 4.98 Å². The molecule has 0 N–H and O–H groups in total. The van der Waals surface area contributed by atoms with Gasteiger partial charge < -0.3 is 0 Å². The van der Waals surface area contributed by atoms with Crippen molar-refractivity contribution >= 4 is 11.6 Å². The molecule has 2 nitrogen and oxygen atoms in total. The molecular weight excluding hydrogens is 184 g/mol. The van der Waals surface area contributed by atoms with Gasteiger partial charge in [0.2, 0.25) is 0 Å². The lowest BCUT2D eigenvalue weighted by molar-refractivity contribution is 0.961. The van der Waals surface area contributed by atoms with E-state index >= 15 is 0 Å². The second-order valence-corrected chi connectivity index (χ2v) is 3.11. The van der Waals surface area contributed by atoms with Gasteiger partial charge in [0.1, 0.15) is 11.2 Å². The number of aryl methyl sites for hydroxylation is 2. The topological polar surface area (TPSA) is 36.7 Å². The van der Waals surface area contributed by atoms with Gasteiger partial charge in [-0.2, -0.15) is 5.26 Å². The molecule has 3 heteroatoms. The maximum atomic E-state index is 8.73. The molecule has 0 saturated carbocycles. The Kier molecular flexibility index (Phi) is 3.27. The largest absolute Gasteiger partial charge is 0.239 e. The zero-order valence-electron chi connectivity index (χ0n) is 7.76. The van der Waals surface area contributed by atoms with E-state index in [4.69, 9.17) is 16.9 Å². The predicted molar refractivity (Wildman–Crippen MR) is 52.7 cm³/mol. The summed E-state index contributed by atoms with van der Waals surface area (Å²) in [6.07, 6.45) is 1.75. The SMILES string of the molecule is CCc1cc(C#N)c(Cl)nc1CC. The van der Waals surface area contributed by atoms with Crippen LogP contribution in [0.4, 0.5) is 0 Å². The highest BCUT2D eigenvalue weighted by atomic mass is 35.5. The van der Waals surface area contributed by atoms with Crippen molar-refractivity contribution in [3.63, 3.8) is 0 Å². The van der Waals surface area contributed by atoms with E-state index in [0.717, 1.165) is 24.1 Å². The molecule has 0 aromatic carbocycles. The van der Waals surface area contributed by atoms with Crippen molar-refractivity contribution < 1.29 is 0 Å². The number of nitriles is 1. The normalized spacial score (nSPS) is 9.69. The van der Waals surface area contributed by atoms with Crippen LogP contribution in [-0.4, -0.2) is 4.98 Å². The summed E-state index contributed by atoms with van der Waals surface area (Å²) in [5.41, 5.74) is 2.57. The molecular formula is C10H11ClN2. The summed E-state index contributed by atoms with van der Waals surface area (Å²) in [6, 6.07) is 3.85. The molecule has 1 heterocycles. The van der Waals surface area contributed by atoms with Crippen molar-refractivity contribution in [3.8, 4) is 6.07 Å². The summed E-state index contributed by atoms with van der Waals surface area (Å²) < 4.78 is 0. The predicted octanol–water partition coefficient (Wildman–Crippen LogP) is 2.73. The Labute approximate surface area is 83.2 Å². The molecule has 0 spiro atoms. The van der Waals surface area contributed by atoms with Crippen LogP contribution in [-0.2, 0) is 12.8 Å². The van der Waals surface area contributed by atoms with Gasteiger partial charge in [0, 0.05) is 5.69 Å². The van der Waals surface area contributed by atoms with Gasteiger partial charge in [-0.1, -0.05) is 25.4 Å². The van der Waals surface area contributed by atoms with Crippen LogP contribution in [0.15, 0.2) is 6.07 Å². The number of halogens is 1. The summed E-state index contributed by atoms with van der Waals surface area (Å²) in [4.78, 5) is 4.18. The van der Waals surface area contributed by atoms with Crippen molar-refractivity contribution in [3.05, 3.63) is 28.0 Å². The second kappa shape index (κ2) is 4.25. The summed E-state index contributed by atoms with van der Waals surface area (Å²) >= 11 is 5.80. The first-order valence-electron chi connectivity index (χ1n) is 4.31. The van der Waals surface area contributed by atoms with Crippen LogP contribution in [0.3, 0.4) is 0 Å². The fourth-order valence-electron chi connectivity index (χ4n) is 1.26. The number of nitrogens with zero attached hydrogens (tertiary/aromatic N) is 2. The van der Waals surface area contributed by atoms with Gasteiger partial charge in [0.05, 0.1) is 5.56 Å². The molecule has 0 unspecified atom stereocenters. The first-order valence-corrected chi connectivity index (χ1v) is 4.69. The lowest BCUT2D eigenvalue weighted by Gasteiger charge is -2.05. The Morgan fingerprint density at radius 2 is 2.15 bits per heavy atom. The lowest BCUT2D eigenvalue weighted by atomic mass is 10.1. The molecule has 0 atom stereocenters. The third kappa shape index (κ3) is 1.99. The molecule has 0 aliphatic heterocycles. The van der Waals surface area contributed by atoms with E-state index in [1.165, 1.54) is 0 Å². The van der Waals surface area contributed by atoms with Crippen molar-refractivity contribution in [1.82, 2.24) is 4.98 Å². The van der Waals surface area contributed by atoms with Crippen molar-refractivity contribution in [2.45, 2.75) is 26.7 Å². The Bertz CT molecular complexity index is 353. The van der Waals surface area contributed by atoms with Crippen LogP contribution in [0, 0.1) is 11.3 Å². The summed E-state index contributed by atoms with van der Waals surface area (Å²) in [5, 5.41) is 9.04. The lowest BCUT2D eigenvalue weighted by Crippen LogP contribution is -1.97. The number of aromatic nitrogens is 1. The van der Waals surface area contributed by atoms with E-state index in [9.17, 15) is 0 Å². The number of pyridine rings is 1. The van der Waals surface area contributed by atoms with Crippen LogP contribution >= 0.6 is 11.6 Å². The zero-order valence-corrected chi connectivity index (χ0v) is 8.52. The average molecular weight is 195 g/mol. The van der Waals surface area contributed by atoms with E-state index in [2.05, 4.69) is 4.98 Å². The Morgan fingerprint density at radius 1 is 1.46 bits per heavy atom. The molecule has 13 heavy (non-hydrogen) atoms. The third-order valence-electron chi connectivity index (χ3n) is 1.98. The molecule has 68 valence electrons. The van der Waals surface area contributed by atoms with E-state index in [1.54, 1.807) is 0 Å². The third-order valence-corrected chi connectivity index (χ3v) is 2.27. The Morgan fingerprint density at radius 3 is 2.62 bits per heavy atom. The smallest absolute Gasteiger partial charge is 0.147 e. The molecule has 0 bridgehead atoms. The minimum absolute atomic E-state index is 0.316. The van der Waals surface area contributed by atoms with Gasteiger partial charge >= 0.3 is 0 Å². The molecule has 0 aliphatic carbocycles. The average Bonchev–Trinajstić information content (AvgIpc) is 2.17. The fraction of sp³-hybridized carbons (Fsp3) is 0.400. The zero-order chi connectivity index (χ0) is 9.84. The van der Waals surface area contributed by atoms with Gasteiger partial charge in [-0.3, -0.25) is 0 Å². The molecule has 1 aromatic heterocycles. The van der Waals surface area contributed by atoms with Gasteiger partial charge in [0.25, 0.3) is 0 Å². The highest BCUT2D eigenvalue weighted by molar-refractivity contribution is 6.30. The van der Waals surface area contributed by atoms with Crippen molar-refractivity contribution in [2.75, 3.05) is 0 Å². The van der Waals surface area contributed by atoms with Gasteiger partial charge in [-0.05, 0) is 24.5 Å². The quantitative estimate of drug-likeness (QED) is 0.679. The molecule has 1 aromatic rings. The van der Waals surface area contributed by atoms with Crippen LogP contribution in [0.1, 0.15) is 30.7 Å². The summed E-state index contributed by atoms with van der Waals surface area (Å²) in [6.45, 7) is 4.08. The fourth-order valence-corrected chi connectivity index (χ4v) is 1.46. The second-order valence-electron chi connectivity index (χ2n) is 2.75. The van der Waals surface area contributed by atoms with Crippen LogP contribution in [0.2, 0.25) is 5.15 Å². The molecule has 0 aliphatic rings. The van der Waals surface area contributed by atoms with Gasteiger partial charge in [-0.15, -0.1) is 0 Å². The van der Waals surface area contributed by atoms with Crippen LogP contribution in [0.25, 0.3) is 0 Å². The first kappa shape index (κ1) is 10.0. The number of hydrogen-bond donors (Lipinski definition) is 0. The molecule has 0 radical (unpaired) electrons. The standard InChI is InChI=1S/C10H11ClN2/c1-3-7-5-8(6-12)10(11)13-9(7)4-2/h5H,3-4H2,1-2H3. The maximum absolute atomic E-state index is 8.73. The van der Waals surface area contributed by atoms with Crippen LogP contribution in [0.5, 0.6) is 0 Å². The molecule has 0 amide bonds. The van der Waals surface area contributed by atoms with E-state index in [0.29, 0.717) is 10.7 Å². The van der Waals surface area contributed by atoms with E-state index in [1.807, 2.05) is 26.0 Å². The monoisotopic (exact) mass is 194 g/mol. The minimum atomic E-state index is 0.316. The Balaban J connectivity index is 3.28. The number of hydrogen-bond acceptors (Lipinski definition) is 2.